The molecular weight excluding hydrogens is 274 g/mol. The number of thioether (sulfide) groups is 1. The second-order valence-electron chi connectivity index (χ2n) is 4.94. The molecular formula is C15H23NO3S. The van der Waals surface area contributed by atoms with Gasteiger partial charge in [-0.25, -0.2) is 0 Å². The summed E-state index contributed by atoms with van der Waals surface area (Å²) in [5.74, 6) is 3.76. The van der Waals surface area contributed by atoms with E-state index in [1.807, 2.05) is 36.0 Å². The molecule has 1 aliphatic heterocycles. The van der Waals surface area contributed by atoms with Crippen LogP contribution in [0.25, 0.3) is 0 Å². The predicted molar refractivity (Wildman–Crippen MR) is 82.8 cm³/mol. The number of rotatable bonds is 7. The lowest BCUT2D eigenvalue weighted by Crippen LogP contribution is -2.40. The molecule has 0 saturated carbocycles. The van der Waals surface area contributed by atoms with Gasteiger partial charge in [-0.15, -0.1) is 0 Å². The maximum Gasteiger partial charge on any atom is 0.161 e. The smallest absolute Gasteiger partial charge is 0.161 e. The Morgan fingerprint density at radius 3 is 2.90 bits per heavy atom. The fourth-order valence-corrected chi connectivity index (χ4v) is 3.29. The minimum atomic E-state index is -0.508. The van der Waals surface area contributed by atoms with Crippen molar-refractivity contribution in [3.05, 3.63) is 24.3 Å². The third kappa shape index (κ3) is 4.89. The van der Waals surface area contributed by atoms with Crippen molar-refractivity contribution in [3.63, 3.8) is 0 Å². The first-order valence-corrected chi connectivity index (χ1v) is 8.20. The minimum Gasteiger partial charge on any atom is -0.493 e. The first-order valence-electron chi connectivity index (χ1n) is 7.04. The van der Waals surface area contributed by atoms with Gasteiger partial charge in [0.25, 0.3) is 0 Å². The van der Waals surface area contributed by atoms with Crippen molar-refractivity contribution in [2.75, 3.05) is 31.8 Å². The van der Waals surface area contributed by atoms with E-state index in [1.54, 1.807) is 7.11 Å². The molecule has 0 aromatic heterocycles. The summed E-state index contributed by atoms with van der Waals surface area (Å²) in [7, 11) is 1.61. The molecule has 0 aliphatic carbocycles. The van der Waals surface area contributed by atoms with E-state index in [9.17, 15) is 5.11 Å². The molecule has 2 N–H and O–H groups in total. The van der Waals surface area contributed by atoms with E-state index < -0.39 is 6.10 Å². The quantitative estimate of drug-likeness (QED) is 0.805. The van der Waals surface area contributed by atoms with Crippen LogP contribution in [0.15, 0.2) is 24.3 Å². The van der Waals surface area contributed by atoms with Crippen LogP contribution in [-0.2, 0) is 0 Å². The molecule has 4 nitrogen and oxygen atoms in total. The second kappa shape index (κ2) is 8.39. The van der Waals surface area contributed by atoms with Gasteiger partial charge < -0.3 is 19.9 Å². The molecule has 1 aromatic carbocycles. The lowest BCUT2D eigenvalue weighted by atomic mass is 10.2. The first kappa shape index (κ1) is 15.5. The molecule has 2 atom stereocenters. The van der Waals surface area contributed by atoms with Gasteiger partial charge in [0.05, 0.1) is 7.11 Å². The Morgan fingerprint density at radius 2 is 2.20 bits per heavy atom. The molecule has 112 valence electrons. The third-order valence-corrected chi connectivity index (χ3v) is 4.52. The lowest BCUT2D eigenvalue weighted by Gasteiger charge is -2.24. The van der Waals surface area contributed by atoms with Gasteiger partial charge >= 0.3 is 0 Å². The molecule has 20 heavy (non-hydrogen) atoms. The normalized spacial score (nSPS) is 20.4. The number of benzene rings is 1. The molecule has 0 bridgehead atoms. The summed E-state index contributed by atoms with van der Waals surface area (Å²) in [5.41, 5.74) is 0. The zero-order valence-electron chi connectivity index (χ0n) is 11.9. The minimum absolute atomic E-state index is 0.271. The second-order valence-corrected chi connectivity index (χ2v) is 6.09. The van der Waals surface area contributed by atoms with Crippen LogP contribution in [0.2, 0.25) is 0 Å². The Bertz CT molecular complexity index is 396. The standard InChI is InChI=1S/C15H23NO3S/c1-18-14-6-2-3-7-15(14)19-10-13(17)9-16-12-5-4-8-20-11-12/h2-3,6-7,12-13,16-17H,4-5,8-11H2,1H3. The highest BCUT2D eigenvalue weighted by Gasteiger charge is 2.15. The van der Waals surface area contributed by atoms with Crippen LogP contribution in [0, 0.1) is 0 Å². The van der Waals surface area contributed by atoms with Gasteiger partial charge in [0.15, 0.2) is 11.5 Å². The molecule has 2 rings (SSSR count). The fourth-order valence-electron chi connectivity index (χ4n) is 2.19. The average Bonchev–Trinajstić information content (AvgIpc) is 2.52. The van der Waals surface area contributed by atoms with Crippen LogP contribution in [0.3, 0.4) is 0 Å². The van der Waals surface area contributed by atoms with E-state index in [2.05, 4.69) is 5.32 Å². The largest absolute Gasteiger partial charge is 0.493 e. The van der Waals surface area contributed by atoms with Crippen LogP contribution in [0.4, 0.5) is 0 Å². The number of hydrogen-bond acceptors (Lipinski definition) is 5. The molecule has 1 fully saturated rings. The number of aliphatic hydroxyl groups is 1. The number of para-hydroxylation sites is 2. The lowest BCUT2D eigenvalue weighted by molar-refractivity contribution is 0.102. The molecule has 5 heteroatoms. The van der Waals surface area contributed by atoms with Crippen molar-refractivity contribution in [2.45, 2.75) is 25.0 Å². The summed E-state index contributed by atoms with van der Waals surface area (Å²) < 4.78 is 10.8. The topological polar surface area (TPSA) is 50.7 Å². The maximum atomic E-state index is 9.97. The highest BCUT2D eigenvalue weighted by Crippen LogP contribution is 2.25. The SMILES string of the molecule is COc1ccccc1OCC(O)CNC1CCCSC1. The van der Waals surface area contributed by atoms with Gasteiger partial charge in [0.2, 0.25) is 0 Å². The summed E-state index contributed by atoms with van der Waals surface area (Å²) in [4.78, 5) is 0. The van der Waals surface area contributed by atoms with E-state index >= 15 is 0 Å². The monoisotopic (exact) mass is 297 g/mol. The van der Waals surface area contributed by atoms with Crippen molar-refractivity contribution < 1.29 is 14.6 Å². The van der Waals surface area contributed by atoms with E-state index in [1.165, 1.54) is 18.6 Å². The Kier molecular flexibility index (Phi) is 6.50. The fraction of sp³-hybridized carbons (Fsp3) is 0.600. The Morgan fingerprint density at radius 1 is 1.40 bits per heavy atom. The van der Waals surface area contributed by atoms with Gasteiger partial charge in [-0.3, -0.25) is 0 Å². The number of aliphatic hydroxyl groups excluding tert-OH is 1. The van der Waals surface area contributed by atoms with Crippen molar-refractivity contribution in [1.29, 1.82) is 0 Å². The summed E-state index contributed by atoms with van der Waals surface area (Å²) in [6.07, 6.45) is 1.95. The van der Waals surface area contributed by atoms with Gasteiger partial charge in [0.1, 0.15) is 12.7 Å². The van der Waals surface area contributed by atoms with E-state index in [0.29, 0.717) is 24.1 Å². The van der Waals surface area contributed by atoms with Crippen molar-refractivity contribution >= 4 is 11.8 Å². The zero-order chi connectivity index (χ0) is 14.2. The predicted octanol–water partition coefficient (Wildman–Crippen LogP) is 1.92. The Balaban J connectivity index is 1.70. The molecule has 0 radical (unpaired) electrons. The number of ether oxygens (including phenoxy) is 2. The highest BCUT2D eigenvalue weighted by molar-refractivity contribution is 7.99. The maximum absolute atomic E-state index is 9.97. The van der Waals surface area contributed by atoms with Gasteiger partial charge in [0, 0.05) is 18.3 Å². The zero-order valence-corrected chi connectivity index (χ0v) is 12.7. The van der Waals surface area contributed by atoms with Crippen LogP contribution in [0.1, 0.15) is 12.8 Å². The summed E-state index contributed by atoms with van der Waals surface area (Å²) in [6.45, 7) is 0.841. The van der Waals surface area contributed by atoms with Crippen molar-refractivity contribution in [3.8, 4) is 11.5 Å². The first-order chi connectivity index (χ1) is 9.79. The number of hydrogen-bond donors (Lipinski definition) is 2. The van der Waals surface area contributed by atoms with E-state index in [4.69, 9.17) is 9.47 Å². The van der Waals surface area contributed by atoms with Gasteiger partial charge in [-0.2, -0.15) is 11.8 Å². The molecule has 1 aliphatic rings. The number of nitrogens with one attached hydrogen (secondary N) is 1. The average molecular weight is 297 g/mol. The summed E-state index contributed by atoms with van der Waals surface area (Å²) >= 11 is 1.98. The van der Waals surface area contributed by atoms with Crippen LogP contribution < -0.4 is 14.8 Å². The van der Waals surface area contributed by atoms with Crippen LogP contribution in [0.5, 0.6) is 11.5 Å². The molecule has 1 aromatic rings. The summed E-state index contributed by atoms with van der Waals surface area (Å²) in [5, 5.41) is 13.4. The Labute approximate surface area is 124 Å². The molecule has 0 spiro atoms. The Hall–Kier alpha value is -0.910. The molecule has 0 amide bonds. The highest BCUT2D eigenvalue weighted by atomic mass is 32.2. The van der Waals surface area contributed by atoms with E-state index in [0.717, 1.165) is 5.75 Å². The van der Waals surface area contributed by atoms with Crippen molar-refractivity contribution in [2.24, 2.45) is 0 Å². The van der Waals surface area contributed by atoms with E-state index in [-0.39, 0.29) is 6.61 Å². The van der Waals surface area contributed by atoms with Gasteiger partial charge in [-0.05, 0) is 30.7 Å². The third-order valence-electron chi connectivity index (χ3n) is 3.30. The van der Waals surface area contributed by atoms with Crippen LogP contribution >= 0.6 is 11.8 Å². The molecule has 1 heterocycles. The molecule has 1 saturated heterocycles. The summed E-state index contributed by atoms with van der Waals surface area (Å²) in [6, 6.07) is 8.00. The molecule has 2 unspecified atom stereocenters. The number of methoxy groups -OCH3 is 1. The van der Waals surface area contributed by atoms with Gasteiger partial charge in [-0.1, -0.05) is 12.1 Å². The van der Waals surface area contributed by atoms with Crippen molar-refractivity contribution in [1.82, 2.24) is 5.32 Å². The van der Waals surface area contributed by atoms with Crippen LogP contribution in [-0.4, -0.2) is 49.0 Å².